The van der Waals surface area contributed by atoms with E-state index in [4.69, 9.17) is 14.9 Å². The van der Waals surface area contributed by atoms with Gasteiger partial charge in [0.1, 0.15) is 0 Å². The molecule has 5 rings (SSSR count). The molecule has 3 N–H and O–H groups in total. The Morgan fingerprint density at radius 1 is 0.778 bits per heavy atom. The molecular formula is C33H40N2O10. The zero-order valence-electron chi connectivity index (χ0n) is 25.4. The summed E-state index contributed by atoms with van der Waals surface area (Å²) >= 11 is 0. The first-order chi connectivity index (χ1) is 21.5. The number of ether oxygens (including phenoxy) is 1. The van der Waals surface area contributed by atoms with Crippen LogP contribution in [0.5, 0.6) is 11.5 Å². The molecule has 2 heterocycles. The van der Waals surface area contributed by atoms with E-state index in [0.29, 0.717) is 50.5 Å². The van der Waals surface area contributed by atoms with Crippen LogP contribution in [0.2, 0.25) is 0 Å². The molecule has 45 heavy (non-hydrogen) atoms. The van der Waals surface area contributed by atoms with Crippen molar-refractivity contribution in [3.8, 4) is 11.5 Å². The maximum atomic E-state index is 13.9. The highest BCUT2D eigenvalue weighted by Crippen LogP contribution is 2.58. The van der Waals surface area contributed by atoms with Gasteiger partial charge in [0.25, 0.3) is 0 Å². The molecule has 1 aromatic rings. The van der Waals surface area contributed by atoms with E-state index in [1.54, 1.807) is 12.1 Å². The van der Waals surface area contributed by atoms with Gasteiger partial charge in [0.15, 0.2) is 11.5 Å². The van der Waals surface area contributed by atoms with Crippen LogP contribution in [0.25, 0.3) is 0 Å². The quantitative estimate of drug-likeness (QED) is 0.158. The van der Waals surface area contributed by atoms with Gasteiger partial charge in [0, 0.05) is 31.8 Å². The number of carboxylic acids is 2. The normalized spacial score (nSPS) is 27.3. The number of phenolic OH excluding ortho intramolecular Hbond substituents is 1. The summed E-state index contributed by atoms with van der Waals surface area (Å²) in [4.78, 5) is 79.3. The second kappa shape index (κ2) is 13.4. The largest absolute Gasteiger partial charge is 0.504 e. The third-order valence-electron chi connectivity index (χ3n) is 9.94. The first kappa shape index (κ1) is 32.2. The summed E-state index contributed by atoms with van der Waals surface area (Å²) in [5, 5.41) is 28.5. The summed E-state index contributed by atoms with van der Waals surface area (Å²) in [6, 6.07) is 4.90. The molecule has 6 atom stereocenters. The van der Waals surface area contributed by atoms with E-state index >= 15 is 0 Å². The summed E-state index contributed by atoms with van der Waals surface area (Å²) in [6.07, 6.45) is 5.56. The second-order valence-corrected chi connectivity index (χ2v) is 12.5. The lowest BCUT2D eigenvalue weighted by Crippen LogP contribution is -2.43. The number of carboxylic acid groups (broad SMARTS) is 2. The van der Waals surface area contributed by atoms with E-state index in [1.807, 2.05) is 6.08 Å². The van der Waals surface area contributed by atoms with Crippen molar-refractivity contribution in [2.75, 3.05) is 20.2 Å². The third-order valence-corrected chi connectivity index (χ3v) is 9.94. The Labute approximate surface area is 261 Å². The molecule has 12 heteroatoms. The molecule has 1 aromatic carbocycles. The summed E-state index contributed by atoms with van der Waals surface area (Å²) in [6.45, 7) is 0.384. The minimum Gasteiger partial charge on any atom is -0.504 e. The van der Waals surface area contributed by atoms with Gasteiger partial charge in [0.05, 0.1) is 30.8 Å². The van der Waals surface area contributed by atoms with Crippen molar-refractivity contribution >= 4 is 35.6 Å². The molecule has 6 unspecified atom stereocenters. The number of phenols is 1. The Morgan fingerprint density at radius 3 is 1.91 bits per heavy atom. The lowest BCUT2D eigenvalue weighted by molar-refractivity contribution is -0.142. The monoisotopic (exact) mass is 624 g/mol. The van der Waals surface area contributed by atoms with Crippen LogP contribution < -0.4 is 4.74 Å². The fraction of sp³-hybridized carbons (Fsp3) is 0.576. The highest BCUT2D eigenvalue weighted by Gasteiger charge is 2.61. The molecule has 242 valence electrons. The SMILES string of the molecule is COc1ccc(C2C3=CCC4C(=O)N(CCCCCC(=O)O)C(=O)C4C3CC3C(=O)N(CCCCCC(=O)O)C(=O)C32)cc1O. The first-order valence-electron chi connectivity index (χ1n) is 15.8. The molecule has 0 radical (unpaired) electrons. The highest BCUT2D eigenvalue weighted by atomic mass is 16.5. The Hall–Kier alpha value is -4.22. The van der Waals surface area contributed by atoms with Crippen LogP contribution in [-0.4, -0.2) is 80.9 Å². The van der Waals surface area contributed by atoms with Gasteiger partial charge in [0.2, 0.25) is 23.6 Å². The van der Waals surface area contributed by atoms with E-state index in [9.17, 15) is 33.9 Å². The summed E-state index contributed by atoms with van der Waals surface area (Å²) in [7, 11) is 1.43. The van der Waals surface area contributed by atoms with Crippen LogP contribution in [0.1, 0.15) is 75.7 Å². The minimum absolute atomic E-state index is 0.0146. The third kappa shape index (κ3) is 6.19. The molecule has 0 bridgehead atoms. The maximum Gasteiger partial charge on any atom is 0.303 e. The lowest BCUT2D eigenvalue weighted by Gasteiger charge is -2.44. The van der Waals surface area contributed by atoms with Gasteiger partial charge in [-0.1, -0.05) is 30.6 Å². The number of unbranched alkanes of at least 4 members (excludes halogenated alkanes) is 4. The van der Waals surface area contributed by atoms with E-state index in [-0.39, 0.29) is 67.5 Å². The van der Waals surface area contributed by atoms with Crippen molar-refractivity contribution in [1.82, 2.24) is 9.80 Å². The molecule has 0 spiro atoms. The number of carbonyl (C=O) groups is 6. The predicted molar refractivity (Wildman–Crippen MR) is 158 cm³/mol. The van der Waals surface area contributed by atoms with Gasteiger partial charge in [-0.3, -0.25) is 38.6 Å². The van der Waals surface area contributed by atoms with Crippen LogP contribution in [0, 0.1) is 29.6 Å². The van der Waals surface area contributed by atoms with Crippen LogP contribution in [0.3, 0.4) is 0 Å². The van der Waals surface area contributed by atoms with Crippen molar-refractivity contribution in [3.05, 3.63) is 35.4 Å². The molecule has 3 fully saturated rings. The number of methoxy groups -OCH3 is 1. The van der Waals surface area contributed by atoms with Crippen molar-refractivity contribution in [1.29, 1.82) is 0 Å². The molecule has 12 nitrogen and oxygen atoms in total. The molecule has 1 saturated carbocycles. The lowest BCUT2D eigenvalue weighted by atomic mass is 9.57. The van der Waals surface area contributed by atoms with E-state index in [0.717, 1.165) is 5.57 Å². The van der Waals surface area contributed by atoms with Crippen LogP contribution in [0.15, 0.2) is 29.8 Å². The number of likely N-dealkylation sites (tertiary alicyclic amines) is 2. The number of fused-ring (bicyclic) bond motifs is 4. The topological polar surface area (TPSA) is 179 Å². The summed E-state index contributed by atoms with van der Waals surface area (Å²) < 4.78 is 5.22. The van der Waals surface area contributed by atoms with Gasteiger partial charge in [-0.25, -0.2) is 0 Å². The number of hydrogen-bond acceptors (Lipinski definition) is 8. The van der Waals surface area contributed by atoms with E-state index in [1.165, 1.54) is 23.0 Å². The number of carbonyl (C=O) groups excluding carboxylic acids is 4. The summed E-state index contributed by atoms with van der Waals surface area (Å²) in [5.41, 5.74) is 1.45. The van der Waals surface area contributed by atoms with Crippen molar-refractivity contribution in [2.45, 2.75) is 70.1 Å². The number of amides is 4. The molecular weight excluding hydrogens is 584 g/mol. The average Bonchev–Trinajstić information content (AvgIpc) is 3.39. The van der Waals surface area contributed by atoms with Crippen molar-refractivity contribution < 1.29 is 48.8 Å². The zero-order chi connectivity index (χ0) is 32.4. The Kier molecular flexibility index (Phi) is 9.59. The average molecular weight is 625 g/mol. The fourth-order valence-electron chi connectivity index (χ4n) is 7.88. The fourth-order valence-corrected chi connectivity index (χ4v) is 7.88. The maximum absolute atomic E-state index is 13.9. The minimum atomic E-state index is -0.897. The molecule has 4 aliphatic rings. The number of aliphatic carboxylic acids is 2. The number of benzene rings is 1. The number of rotatable bonds is 14. The molecule has 2 aliphatic heterocycles. The Morgan fingerprint density at radius 2 is 1.36 bits per heavy atom. The Balaban J connectivity index is 1.42. The second-order valence-electron chi connectivity index (χ2n) is 12.5. The van der Waals surface area contributed by atoms with Gasteiger partial charge in [-0.15, -0.1) is 0 Å². The predicted octanol–water partition coefficient (Wildman–Crippen LogP) is 3.33. The van der Waals surface area contributed by atoms with E-state index < -0.39 is 47.4 Å². The smallest absolute Gasteiger partial charge is 0.303 e. The number of aromatic hydroxyl groups is 1. The highest BCUT2D eigenvalue weighted by molar-refractivity contribution is 6.08. The van der Waals surface area contributed by atoms with Crippen molar-refractivity contribution in [3.63, 3.8) is 0 Å². The van der Waals surface area contributed by atoms with Crippen LogP contribution in [0.4, 0.5) is 0 Å². The number of imide groups is 2. The van der Waals surface area contributed by atoms with E-state index in [2.05, 4.69) is 0 Å². The van der Waals surface area contributed by atoms with Crippen molar-refractivity contribution in [2.24, 2.45) is 29.6 Å². The van der Waals surface area contributed by atoms with Gasteiger partial charge >= 0.3 is 11.9 Å². The zero-order valence-corrected chi connectivity index (χ0v) is 25.4. The molecule has 2 saturated heterocycles. The van der Waals surface area contributed by atoms with Crippen LogP contribution in [-0.2, 0) is 28.8 Å². The van der Waals surface area contributed by atoms with Gasteiger partial charge < -0.3 is 20.1 Å². The molecule has 2 aliphatic carbocycles. The van der Waals surface area contributed by atoms with Crippen LogP contribution >= 0.6 is 0 Å². The first-order valence-corrected chi connectivity index (χ1v) is 15.8. The molecule has 4 amide bonds. The standard InChI is InChI=1S/C33H40N2O10/c1-45-24-13-10-18(16-23(24)36)27-19-11-12-20-28(32(43)34(30(20)41)14-6-2-4-8-25(37)38)21(19)17-22-29(27)33(44)35(31(22)42)15-7-3-5-9-26(39)40/h10-11,13,16,20-22,27-29,36H,2-9,12,14-15,17H2,1H3,(H,37,38)(H,39,40). The van der Waals surface area contributed by atoms with Gasteiger partial charge in [-0.05, 0) is 62.1 Å². The van der Waals surface area contributed by atoms with Gasteiger partial charge in [-0.2, -0.15) is 0 Å². The summed E-state index contributed by atoms with van der Waals surface area (Å²) in [5.74, 6) is -6.54. The number of allylic oxidation sites excluding steroid dienone is 2. The number of nitrogens with zero attached hydrogens (tertiary/aromatic N) is 2. The Bertz CT molecular complexity index is 1420. The molecule has 0 aromatic heterocycles. The number of hydrogen-bond donors (Lipinski definition) is 3.